The average Bonchev–Trinajstić information content (AvgIpc) is 2.89. The summed E-state index contributed by atoms with van der Waals surface area (Å²) < 4.78 is 2.06. The molecule has 2 aromatic carbocycles. The van der Waals surface area contributed by atoms with Crippen LogP contribution in [-0.2, 0) is 0 Å². The van der Waals surface area contributed by atoms with Crippen molar-refractivity contribution >= 4 is 29.2 Å². The summed E-state index contributed by atoms with van der Waals surface area (Å²) in [6, 6.07) is 13.2. The number of aryl methyl sites for hydroxylation is 1. The lowest BCUT2D eigenvalue weighted by molar-refractivity contribution is -0.384. The number of phenols is 1. The number of nitro groups is 1. The molecule has 0 spiro atoms. The molecule has 0 fully saturated rings. The third-order valence-corrected chi connectivity index (χ3v) is 4.32. The molecule has 3 aromatic rings. The SMILES string of the molecule is Cc1cc(C=Nc2cc([N+](=O)[O-])ccc2O)c(C)n1-c1ccc(Cl)cc1. The fourth-order valence-electron chi connectivity index (χ4n) is 2.77. The largest absolute Gasteiger partial charge is 0.506 e. The van der Waals surface area contributed by atoms with E-state index in [9.17, 15) is 15.2 Å². The van der Waals surface area contributed by atoms with E-state index in [1.54, 1.807) is 6.21 Å². The number of aliphatic imine (C=N–C) groups is 1. The first-order chi connectivity index (χ1) is 12.4. The highest BCUT2D eigenvalue weighted by Gasteiger charge is 2.11. The van der Waals surface area contributed by atoms with Crippen molar-refractivity contribution in [3.63, 3.8) is 0 Å². The van der Waals surface area contributed by atoms with Crippen LogP contribution < -0.4 is 0 Å². The van der Waals surface area contributed by atoms with Crippen LogP contribution in [0.4, 0.5) is 11.4 Å². The Morgan fingerprint density at radius 3 is 2.50 bits per heavy atom. The van der Waals surface area contributed by atoms with Gasteiger partial charge in [-0.25, -0.2) is 0 Å². The Balaban J connectivity index is 1.98. The van der Waals surface area contributed by atoms with E-state index >= 15 is 0 Å². The monoisotopic (exact) mass is 369 g/mol. The second kappa shape index (κ2) is 7.01. The van der Waals surface area contributed by atoms with Gasteiger partial charge in [0.25, 0.3) is 5.69 Å². The summed E-state index contributed by atoms with van der Waals surface area (Å²) in [6.45, 7) is 3.93. The molecule has 0 saturated carbocycles. The second-order valence-corrected chi connectivity index (χ2v) is 6.26. The molecule has 0 unspecified atom stereocenters. The smallest absolute Gasteiger partial charge is 0.271 e. The van der Waals surface area contributed by atoms with E-state index in [0.29, 0.717) is 5.02 Å². The minimum atomic E-state index is -0.523. The predicted molar refractivity (Wildman–Crippen MR) is 102 cm³/mol. The molecule has 0 aliphatic carbocycles. The highest BCUT2D eigenvalue weighted by atomic mass is 35.5. The van der Waals surface area contributed by atoms with Gasteiger partial charge < -0.3 is 9.67 Å². The number of benzene rings is 2. The summed E-state index contributed by atoms with van der Waals surface area (Å²) in [7, 11) is 0. The molecule has 0 bridgehead atoms. The molecule has 0 saturated heterocycles. The van der Waals surface area contributed by atoms with E-state index < -0.39 is 4.92 Å². The Morgan fingerprint density at radius 1 is 1.15 bits per heavy atom. The summed E-state index contributed by atoms with van der Waals surface area (Å²) in [5.74, 6) is -0.113. The van der Waals surface area contributed by atoms with Gasteiger partial charge in [-0.3, -0.25) is 15.1 Å². The average molecular weight is 370 g/mol. The Bertz CT molecular complexity index is 1010. The quantitative estimate of drug-likeness (QED) is 0.394. The number of halogens is 1. The predicted octanol–water partition coefficient (Wildman–Crippen LogP) is 5.11. The van der Waals surface area contributed by atoms with Gasteiger partial charge in [-0.05, 0) is 50.2 Å². The summed E-state index contributed by atoms with van der Waals surface area (Å²) in [4.78, 5) is 14.6. The first-order valence-electron chi connectivity index (χ1n) is 7.83. The summed E-state index contributed by atoms with van der Waals surface area (Å²) in [5.41, 5.74) is 3.82. The van der Waals surface area contributed by atoms with Crippen LogP contribution in [0.25, 0.3) is 5.69 Å². The molecule has 7 heteroatoms. The minimum Gasteiger partial charge on any atom is -0.506 e. The van der Waals surface area contributed by atoms with E-state index in [-0.39, 0.29) is 17.1 Å². The van der Waals surface area contributed by atoms with Crippen LogP contribution in [0, 0.1) is 24.0 Å². The molecular formula is C19H16ClN3O3. The summed E-state index contributed by atoms with van der Waals surface area (Å²) in [5, 5.41) is 21.4. The highest BCUT2D eigenvalue weighted by molar-refractivity contribution is 6.30. The number of aromatic hydroxyl groups is 1. The number of phenolic OH excluding ortho intramolecular Hbond substituents is 1. The fraction of sp³-hybridized carbons (Fsp3) is 0.105. The van der Waals surface area contributed by atoms with E-state index in [4.69, 9.17) is 11.6 Å². The molecule has 132 valence electrons. The van der Waals surface area contributed by atoms with Gasteiger partial charge in [0.2, 0.25) is 0 Å². The zero-order valence-electron chi connectivity index (χ0n) is 14.2. The van der Waals surface area contributed by atoms with Crippen molar-refractivity contribution in [1.82, 2.24) is 4.57 Å². The van der Waals surface area contributed by atoms with Crippen molar-refractivity contribution in [3.8, 4) is 11.4 Å². The number of hydrogen-bond donors (Lipinski definition) is 1. The fourth-order valence-corrected chi connectivity index (χ4v) is 2.90. The van der Waals surface area contributed by atoms with Crippen molar-refractivity contribution in [2.24, 2.45) is 4.99 Å². The number of nitro benzene ring substituents is 1. The van der Waals surface area contributed by atoms with E-state index in [1.165, 1.54) is 18.2 Å². The van der Waals surface area contributed by atoms with Gasteiger partial charge in [-0.2, -0.15) is 0 Å². The van der Waals surface area contributed by atoms with Crippen LogP contribution in [0.2, 0.25) is 5.02 Å². The molecular weight excluding hydrogens is 354 g/mol. The Kier molecular flexibility index (Phi) is 4.77. The van der Waals surface area contributed by atoms with Crippen molar-refractivity contribution in [2.75, 3.05) is 0 Å². The maximum Gasteiger partial charge on any atom is 0.271 e. The maximum atomic E-state index is 10.9. The van der Waals surface area contributed by atoms with Crippen molar-refractivity contribution in [3.05, 3.63) is 80.6 Å². The minimum absolute atomic E-state index is 0.113. The lowest BCUT2D eigenvalue weighted by Gasteiger charge is -2.09. The van der Waals surface area contributed by atoms with Gasteiger partial charge in [0.15, 0.2) is 0 Å². The molecule has 3 rings (SSSR count). The molecule has 0 aliphatic heterocycles. The standard InChI is InChI=1S/C19H16ClN3O3/c1-12-9-14(13(2)22(12)16-5-3-15(20)4-6-16)11-21-18-10-17(23(25)26)7-8-19(18)24/h3-11,24H,1-2H3. The van der Waals surface area contributed by atoms with Crippen LogP contribution in [0.15, 0.2) is 53.5 Å². The number of non-ortho nitro benzene ring substituents is 1. The third kappa shape index (κ3) is 3.45. The molecule has 6 nitrogen and oxygen atoms in total. The Morgan fingerprint density at radius 2 is 1.85 bits per heavy atom. The summed E-state index contributed by atoms with van der Waals surface area (Å²) in [6.07, 6.45) is 1.59. The van der Waals surface area contributed by atoms with Crippen molar-refractivity contribution in [2.45, 2.75) is 13.8 Å². The Hall–Kier alpha value is -3.12. The van der Waals surface area contributed by atoms with Crippen LogP contribution in [0.3, 0.4) is 0 Å². The number of nitrogens with zero attached hydrogens (tertiary/aromatic N) is 3. The van der Waals surface area contributed by atoms with Crippen LogP contribution in [0.5, 0.6) is 5.75 Å². The number of aromatic nitrogens is 1. The molecule has 1 N–H and O–H groups in total. The zero-order chi connectivity index (χ0) is 18.8. The Labute approximate surface area is 155 Å². The van der Waals surface area contributed by atoms with Gasteiger partial charge in [-0.1, -0.05) is 11.6 Å². The lowest BCUT2D eigenvalue weighted by atomic mass is 10.2. The zero-order valence-corrected chi connectivity index (χ0v) is 14.9. The number of hydrogen-bond acceptors (Lipinski definition) is 4. The number of rotatable bonds is 4. The molecule has 0 atom stereocenters. The summed E-state index contributed by atoms with van der Waals surface area (Å²) >= 11 is 5.95. The topological polar surface area (TPSA) is 80.7 Å². The lowest BCUT2D eigenvalue weighted by Crippen LogP contribution is -1.99. The van der Waals surface area contributed by atoms with Gasteiger partial charge in [0.05, 0.1) is 4.92 Å². The molecule has 26 heavy (non-hydrogen) atoms. The molecule has 0 aliphatic rings. The van der Waals surface area contributed by atoms with Crippen LogP contribution in [-0.4, -0.2) is 20.8 Å². The molecule has 1 heterocycles. The third-order valence-electron chi connectivity index (χ3n) is 4.07. The van der Waals surface area contributed by atoms with E-state index in [0.717, 1.165) is 22.6 Å². The maximum absolute atomic E-state index is 10.9. The van der Waals surface area contributed by atoms with Crippen molar-refractivity contribution < 1.29 is 10.0 Å². The van der Waals surface area contributed by atoms with Crippen LogP contribution in [0.1, 0.15) is 17.0 Å². The van der Waals surface area contributed by atoms with Gasteiger partial charge in [0, 0.05) is 46.0 Å². The first kappa shape index (κ1) is 17.7. The molecule has 1 aromatic heterocycles. The second-order valence-electron chi connectivity index (χ2n) is 5.83. The highest BCUT2D eigenvalue weighted by Crippen LogP contribution is 2.30. The van der Waals surface area contributed by atoms with E-state index in [2.05, 4.69) is 9.56 Å². The van der Waals surface area contributed by atoms with Crippen molar-refractivity contribution in [1.29, 1.82) is 0 Å². The normalized spacial score (nSPS) is 11.2. The van der Waals surface area contributed by atoms with Gasteiger partial charge >= 0.3 is 0 Å². The van der Waals surface area contributed by atoms with Crippen LogP contribution >= 0.6 is 11.6 Å². The molecule has 0 amide bonds. The van der Waals surface area contributed by atoms with Gasteiger partial charge in [-0.15, -0.1) is 0 Å². The van der Waals surface area contributed by atoms with Gasteiger partial charge in [0.1, 0.15) is 11.4 Å². The first-order valence-corrected chi connectivity index (χ1v) is 8.21. The molecule has 0 radical (unpaired) electrons. The van der Waals surface area contributed by atoms with E-state index in [1.807, 2.05) is 44.2 Å².